The second-order valence-corrected chi connectivity index (χ2v) is 10.6. The highest BCUT2D eigenvalue weighted by molar-refractivity contribution is 7.92. The maximum absolute atomic E-state index is 13.5. The van der Waals surface area contributed by atoms with Crippen molar-refractivity contribution >= 4 is 39.1 Å². The Balaban J connectivity index is 1.90. The van der Waals surface area contributed by atoms with Gasteiger partial charge in [-0.15, -0.1) is 0 Å². The largest absolute Gasteiger partial charge is 0.454 e. The van der Waals surface area contributed by atoms with Crippen LogP contribution in [0.3, 0.4) is 0 Å². The lowest BCUT2D eigenvalue weighted by atomic mass is 10.1. The molecule has 0 spiro atoms. The molecule has 11 heteroatoms. The number of nitrogens with zero attached hydrogens (tertiary/aromatic N) is 2. The van der Waals surface area contributed by atoms with Gasteiger partial charge in [-0.05, 0) is 50.6 Å². The Bertz CT molecular complexity index is 1150. The average Bonchev–Trinajstić information content (AvgIpc) is 3.23. The van der Waals surface area contributed by atoms with Crippen molar-refractivity contribution in [3.8, 4) is 11.5 Å². The molecule has 0 saturated heterocycles. The molecule has 0 bridgehead atoms. The van der Waals surface area contributed by atoms with Crippen LogP contribution in [0.2, 0.25) is 5.02 Å². The molecule has 3 rings (SSSR count). The third-order valence-electron chi connectivity index (χ3n) is 5.19. The van der Waals surface area contributed by atoms with Crippen LogP contribution in [-0.2, 0) is 26.2 Å². The fourth-order valence-electron chi connectivity index (χ4n) is 3.43. The van der Waals surface area contributed by atoms with Crippen molar-refractivity contribution in [1.82, 2.24) is 10.2 Å². The van der Waals surface area contributed by atoms with Crippen LogP contribution in [-0.4, -0.2) is 56.8 Å². The molecular weight excluding hydrogens is 482 g/mol. The number of fused-ring (bicyclic) bond motifs is 1. The molecule has 0 aliphatic carbocycles. The van der Waals surface area contributed by atoms with Crippen LogP contribution >= 0.6 is 11.6 Å². The van der Waals surface area contributed by atoms with E-state index in [1.807, 2.05) is 13.8 Å². The first-order valence-electron chi connectivity index (χ1n) is 10.7. The quantitative estimate of drug-likeness (QED) is 0.557. The van der Waals surface area contributed by atoms with Crippen molar-refractivity contribution in [3.63, 3.8) is 0 Å². The molecule has 184 valence electrons. The van der Waals surface area contributed by atoms with E-state index >= 15 is 0 Å². The van der Waals surface area contributed by atoms with Crippen molar-refractivity contribution in [2.24, 2.45) is 0 Å². The van der Waals surface area contributed by atoms with E-state index in [1.54, 1.807) is 43.3 Å². The number of halogens is 1. The number of carbonyl (C=O) groups is 2. The summed E-state index contributed by atoms with van der Waals surface area (Å²) in [6.45, 7) is 4.89. The average molecular weight is 510 g/mol. The van der Waals surface area contributed by atoms with E-state index in [0.29, 0.717) is 16.5 Å². The second kappa shape index (κ2) is 10.5. The maximum Gasteiger partial charge on any atom is 0.244 e. The number of amides is 2. The number of anilines is 1. The summed E-state index contributed by atoms with van der Waals surface area (Å²) in [5.41, 5.74) is 1.00. The van der Waals surface area contributed by atoms with E-state index in [-0.39, 0.29) is 31.0 Å². The summed E-state index contributed by atoms with van der Waals surface area (Å²) in [6, 6.07) is 10.6. The number of carbonyl (C=O) groups excluding carboxylic acids is 2. The van der Waals surface area contributed by atoms with Gasteiger partial charge in [-0.1, -0.05) is 23.7 Å². The minimum Gasteiger partial charge on any atom is -0.454 e. The van der Waals surface area contributed by atoms with Gasteiger partial charge in [-0.3, -0.25) is 13.9 Å². The van der Waals surface area contributed by atoms with Gasteiger partial charge in [-0.25, -0.2) is 8.42 Å². The van der Waals surface area contributed by atoms with Gasteiger partial charge >= 0.3 is 0 Å². The lowest BCUT2D eigenvalue weighted by molar-refractivity contribution is -0.139. The number of hydrogen-bond acceptors (Lipinski definition) is 6. The summed E-state index contributed by atoms with van der Waals surface area (Å²) >= 11 is 5.97. The van der Waals surface area contributed by atoms with Gasteiger partial charge < -0.3 is 19.7 Å². The highest BCUT2D eigenvalue weighted by Crippen LogP contribution is 2.36. The molecule has 1 N–H and O–H groups in total. The first-order valence-corrected chi connectivity index (χ1v) is 12.9. The lowest BCUT2D eigenvalue weighted by Crippen LogP contribution is -2.52. The van der Waals surface area contributed by atoms with E-state index in [0.717, 1.165) is 16.1 Å². The normalized spacial score (nSPS) is 13.5. The molecule has 2 aromatic carbocycles. The van der Waals surface area contributed by atoms with Gasteiger partial charge in [0.2, 0.25) is 28.6 Å². The third kappa shape index (κ3) is 6.32. The predicted octanol–water partition coefficient (Wildman–Crippen LogP) is 2.78. The summed E-state index contributed by atoms with van der Waals surface area (Å²) in [6.07, 6.45) is 1.02. The van der Waals surface area contributed by atoms with Crippen molar-refractivity contribution in [1.29, 1.82) is 0 Å². The number of rotatable bonds is 9. The summed E-state index contributed by atoms with van der Waals surface area (Å²) in [4.78, 5) is 27.6. The molecule has 1 aliphatic heterocycles. The van der Waals surface area contributed by atoms with Crippen LogP contribution in [0.4, 0.5) is 5.69 Å². The van der Waals surface area contributed by atoms with Crippen LogP contribution in [0.25, 0.3) is 0 Å². The minimum absolute atomic E-state index is 0.0357. The number of benzene rings is 2. The molecule has 1 atom stereocenters. The van der Waals surface area contributed by atoms with Crippen LogP contribution in [0, 0.1) is 0 Å². The highest BCUT2D eigenvalue weighted by atomic mass is 35.5. The predicted molar refractivity (Wildman–Crippen MR) is 129 cm³/mol. The maximum atomic E-state index is 13.5. The Morgan fingerprint density at radius 3 is 2.32 bits per heavy atom. The molecule has 1 aliphatic rings. The SMILES string of the molecule is CC(C)NC(=O)[C@@H](C)N(Cc1ccc(Cl)cc1)C(=O)CN(c1ccc2c(c1)OCO2)S(C)(=O)=O. The van der Waals surface area contributed by atoms with Crippen molar-refractivity contribution in [3.05, 3.63) is 53.1 Å². The molecule has 2 aromatic rings. The number of hydrogen-bond donors (Lipinski definition) is 1. The van der Waals surface area contributed by atoms with Gasteiger partial charge in [0.05, 0.1) is 11.9 Å². The molecule has 0 aromatic heterocycles. The third-order valence-corrected chi connectivity index (χ3v) is 6.58. The lowest BCUT2D eigenvalue weighted by Gasteiger charge is -2.32. The smallest absolute Gasteiger partial charge is 0.244 e. The Morgan fingerprint density at radius 1 is 1.06 bits per heavy atom. The van der Waals surface area contributed by atoms with Gasteiger partial charge in [0.15, 0.2) is 11.5 Å². The van der Waals surface area contributed by atoms with Gasteiger partial charge in [0.25, 0.3) is 0 Å². The zero-order valence-electron chi connectivity index (χ0n) is 19.4. The summed E-state index contributed by atoms with van der Waals surface area (Å²) in [7, 11) is -3.84. The second-order valence-electron chi connectivity index (χ2n) is 8.29. The standard InChI is InChI=1S/C23H28ClN3O6S/c1-15(2)25-23(29)16(3)26(12-17-5-7-18(24)8-6-17)22(28)13-27(34(4,30)31)19-9-10-20-21(11-19)33-14-32-20/h5-11,15-16H,12-14H2,1-4H3,(H,25,29)/t16-/m1/s1. The fourth-order valence-corrected chi connectivity index (χ4v) is 4.40. The minimum atomic E-state index is -3.84. The summed E-state index contributed by atoms with van der Waals surface area (Å²) < 4.78 is 36.9. The Morgan fingerprint density at radius 2 is 1.71 bits per heavy atom. The van der Waals surface area contributed by atoms with Gasteiger partial charge in [0, 0.05) is 23.7 Å². The molecule has 34 heavy (non-hydrogen) atoms. The number of ether oxygens (including phenoxy) is 2. The van der Waals surface area contributed by atoms with Crippen LogP contribution in [0.5, 0.6) is 11.5 Å². The summed E-state index contributed by atoms with van der Waals surface area (Å²) in [5, 5.41) is 3.34. The van der Waals surface area contributed by atoms with Crippen LogP contribution in [0.1, 0.15) is 26.3 Å². The van der Waals surface area contributed by atoms with Crippen molar-refractivity contribution in [2.75, 3.05) is 23.9 Å². The van der Waals surface area contributed by atoms with E-state index < -0.39 is 28.5 Å². The number of nitrogens with one attached hydrogen (secondary N) is 1. The first-order chi connectivity index (χ1) is 16.0. The number of sulfonamides is 1. The highest BCUT2D eigenvalue weighted by Gasteiger charge is 2.31. The molecule has 0 unspecified atom stereocenters. The Labute approximate surface area is 204 Å². The molecule has 1 heterocycles. The fraction of sp³-hybridized carbons (Fsp3) is 0.391. The van der Waals surface area contributed by atoms with E-state index in [9.17, 15) is 18.0 Å². The molecule has 0 radical (unpaired) electrons. The molecular formula is C23H28ClN3O6S. The zero-order chi connectivity index (χ0) is 25.0. The molecule has 0 saturated carbocycles. The van der Waals surface area contributed by atoms with E-state index in [4.69, 9.17) is 21.1 Å². The van der Waals surface area contributed by atoms with E-state index in [1.165, 1.54) is 11.0 Å². The molecule has 0 fully saturated rings. The topological polar surface area (TPSA) is 105 Å². The Hall–Kier alpha value is -2.98. The van der Waals surface area contributed by atoms with Crippen molar-refractivity contribution in [2.45, 2.75) is 39.4 Å². The Kier molecular flexibility index (Phi) is 7.93. The van der Waals surface area contributed by atoms with Crippen LogP contribution in [0.15, 0.2) is 42.5 Å². The van der Waals surface area contributed by atoms with Gasteiger partial charge in [-0.2, -0.15) is 0 Å². The summed E-state index contributed by atoms with van der Waals surface area (Å²) in [5.74, 6) is 0.00363. The van der Waals surface area contributed by atoms with Crippen LogP contribution < -0.4 is 19.1 Å². The first kappa shape index (κ1) is 25.6. The van der Waals surface area contributed by atoms with Crippen molar-refractivity contribution < 1.29 is 27.5 Å². The molecule has 2 amide bonds. The monoisotopic (exact) mass is 509 g/mol. The van der Waals surface area contributed by atoms with Gasteiger partial charge in [0.1, 0.15) is 12.6 Å². The van der Waals surface area contributed by atoms with E-state index in [2.05, 4.69) is 5.32 Å². The molecule has 9 nitrogen and oxygen atoms in total. The zero-order valence-corrected chi connectivity index (χ0v) is 21.0.